The van der Waals surface area contributed by atoms with E-state index >= 15 is 0 Å². The van der Waals surface area contributed by atoms with Crippen molar-refractivity contribution in [1.29, 1.82) is 0 Å². The quantitative estimate of drug-likeness (QED) is 0.358. The molecule has 0 bridgehead atoms. The average Bonchev–Trinajstić information content (AvgIpc) is 2.75. The van der Waals surface area contributed by atoms with Gasteiger partial charge in [0, 0.05) is 19.6 Å². The van der Waals surface area contributed by atoms with Crippen LogP contribution >= 0.6 is 24.0 Å². The summed E-state index contributed by atoms with van der Waals surface area (Å²) in [7, 11) is 1.65. The number of halogens is 1. The maximum absolute atomic E-state index is 12.6. The number of fused-ring (bicyclic) bond motifs is 1. The van der Waals surface area contributed by atoms with Crippen molar-refractivity contribution in [2.24, 2.45) is 4.99 Å². The molecule has 0 atom stereocenters. The summed E-state index contributed by atoms with van der Waals surface area (Å²) in [5.74, 6) is 1.56. The summed E-state index contributed by atoms with van der Waals surface area (Å²) in [4.78, 5) is 19.1. The zero-order valence-corrected chi connectivity index (χ0v) is 19.3. The molecule has 0 aliphatic carbocycles. The Balaban J connectivity index is 0.00000300. The first-order chi connectivity index (χ1) is 13.7. The van der Waals surface area contributed by atoms with Crippen LogP contribution in [0, 0.1) is 0 Å². The van der Waals surface area contributed by atoms with E-state index in [1.807, 2.05) is 42.2 Å². The number of carbonyl (C=O) groups is 1. The lowest BCUT2D eigenvalue weighted by atomic mass is 10.00. The lowest BCUT2D eigenvalue weighted by Crippen LogP contribution is -2.45. The topological polar surface area (TPSA) is 66.0 Å². The molecule has 0 spiro atoms. The van der Waals surface area contributed by atoms with Crippen molar-refractivity contribution in [2.45, 2.75) is 26.4 Å². The van der Waals surface area contributed by atoms with Gasteiger partial charge in [-0.2, -0.15) is 0 Å². The van der Waals surface area contributed by atoms with Gasteiger partial charge >= 0.3 is 0 Å². The minimum atomic E-state index is 0. The van der Waals surface area contributed by atoms with E-state index in [1.165, 1.54) is 11.1 Å². The van der Waals surface area contributed by atoms with E-state index in [0.29, 0.717) is 19.0 Å². The second-order valence-corrected chi connectivity index (χ2v) is 6.73. The van der Waals surface area contributed by atoms with Crippen LogP contribution < -0.4 is 15.4 Å². The van der Waals surface area contributed by atoms with Gasteiger partial charge in [0.1, 0.15) is 5.75 Å². The highest BCUT2D eigenvalue weighted by molar-refractivity contribution is 14.0. The largest absolute Gasteiger partial charge is 0.497 e. The number of aliphatic imine (C=N–C) groups is 1. The molecular weight excluding hydrogens is 479 g/mol. The average molecular weight is 508 g/mol. The molecule has 0 saturated carbocycles. The van der Waals surface area contributed by atoms with E-state index in [4.69, 9.17) is 4.74 Å². The molecule has 1 aliphatic heterocycles. The number of methoxy groups -OCH3 is 1. The second kappa shape index (κ2) is 11.6. The van der Waals surface area contributed by atoms with E-state index in [0.717, 1.165) is 30.8 Å². The highest BCUT2D eigenvalue weighted by Gasteiger charge is 2.20. The lowest BCUT2D eigenvalue weighted by molar-refractivity contribution is -0.130. The molecule has 1 heterocycles. The Morgan fingerprint density at radius 1 is 1.10 bits per heavy atom. The van der Waals surface area contributed by atoms with Crippen LogP contribution in [-0.2, 0) is 24.3 Å². The number of nitrogens with zero attached hydrogens (tertiary/aromatic N) is 2. The Bertz CT molecular complexity index is 824. The van der Waals surface area contributed by atoms with Crippen LogP contribution in [-0.4, -0.2) is 43.5 Å². The molecule has 2 aromatic rings. The van der Waals surface area contributed by atoms with Crippen molar-refractivity contribution in [2.75, 3.05) is 26.7 Å². The van der Waals surface area contributed by atoms with Crippen LogP contribution in [0.1, 0.15) is 23.6 Å². The Morgan fingerprint density at radius 3 is 2.52 bits per heavy atom. The Labute approximate surface area is 189 Å². The molecule has 2 aromatic carbocycles. The number of hydrogen-bond donors (Lipinski definition) is 2. The summed E-state index contributed by atoms with van der Waals surface area (Å²) in [6, 6.07) is 16.1. The smallest absolute Gasteiger partial charge is 0.242 e. The number of rotatable bonds is 6. The first-order valence-electron chi connectivity index (χ1n) is 9.69. The summed E-state index contributed by atoms with van der Waals surface area (Å²) >= 11 is 0. The van der Waals surface area contributed by atoms with Gasteiger partial charge in [0.2, 0.25) is 5.91 Å². The summed E-state index contributed by atoms with van der Waals surface area (Å²) in [6.45, 7) is 4.95. The molecule has 6 nitrogen and oxygen atoms in total. The molecule has 3 rings (SSSR count). The van der Waals surface area contributed by atoms with Gasteiger partial charge in [-0.15, -0.1) is 24.0 Å². The molecule has 1 aliphatic rings. The van der Waals surface area contributed by atoms with E-state index in [1.54, 1.807) is 7.11 Å². The standard InChI is InChI=1S/C22H28N4O2.HI/c1-3-23-22(24-14-17-8-10-20(28-2)11-9-17)25-15-21(27)26-13-12-18-6-4-5-7-19(18)16-26;/h4-11H,3,12-16H2,1-2H3,(H2,23,24,25);1H. The fraction of sp³-hybridized carbons (Fsp3) is 0.364. The minimum absolute atomic E-state index is 0. The molecule has 29 heavy (non-hydrogen) atoms. The number of amides is 1. The fourth-order valence-electron chi connectivity index (χ4n) is 3.22. The molecule has 156 valence electrons. The zero-order chi connectivity index (χ0) is 19.8. The summed E-state index contributed by atoms with van der Waals surface area (Å²) in [5, 5.41) is 6.35. The van der Waals surface area contributed by atoms with Gasteiger partial charge in [0.25, 0.3) is 0 Å². The van der Waals surface area contributed by atoms with Crippen molar-refractivity contribution >= 4 is 35.8 Å². The minimum Gasteiger partial charge on any atom is -0.497 e. The van der Waals surface area contributed by atoms with Crippen LogP contribution in [0.3, 0.4) is 0 Å². The summed E-state index contributed by atoms with van der Waals surface area (Å²) in [6.07, 6.45) is 0.910. The third kappa shape index (κ3) is 6.62. The molecule has 1 amide bonds. The molecule has 7 heteroatoms. The van der Waals surface area contributed by atoms with Crippen LogP contribution in [0.5, 0.6) is 5.75 Å². The van der Waals surface area contributed by atoms with Gasteiger partial charge in [0.15, 0.2) is 5.96 Å². The van der Waals surface area contributed by atoms with Gasteiger partial charge < -0.3 is 20.3 Å². The van der Waals surface area contributed by atoms with Crippen LogP contribution in [0.4, 0.5) is 0 Å². The number of carbonyl (C=O) groups excluding carboxylic acids is 1. The number of ether oxygens (including phenoxy) is 1. The molecule has 2 N–H and O–H groups in total. The highest BCUT2D eigenvalue weighted by atomic mass is 127. The van der Waals surface area contributed by atoms with Crippen molar-refractivity contribution in [3.63, 3.8) is 0 Å². The summed E-state index contributed by atoms with van der Waals surface area (Å²) < 4.78 is 5.18. The lowest BCUT2D eigenvalue weighted by Gasteiger charge is -2.29. The normalized spacial score (nSPS) is 13.2. The molecule has 0 unspecified atom stereocenters. The molecule has 0 radical (unpaired) electrons. The third-order valence-corrected chi connectivity index (χ3v) is 4.81. The number of nitrogens with one attached hydrogen (secondary N) is 2. The predicted octanol–water partition coefficient (Wildman–Crippen LogP) is 2.95. The maximum Gasteiger partial charge on any atom is 0.242 e. The Morgan fingerprint density at radius 2 is 1.83 bits per heavy atom. The van der Waals surface area contributed by atoms with E-state index < -0.39 is 0 Å². The van der Waals surface area contributed by atoms with E-state index in [2.05, 4.69) is 33.8 Å². The first kappa shape index (κ1) is 23.0. The van der Waals surface area contributed by atoms with E-state index in [-0.39, 0.29) is 36.4 Å². The Hall–Kier alpha value is -2.29. The predicted molar refractivity (Wildman–Crippen MR) is 127 cm³/mol. The number of hydrogen-bond acceptors (Lipinski definition) is 3. The maximum atomic E-state index is 12.6. The van der Waals surface area contributed by atoms with Crippen molar-refractivity contribution in [3.8, 4) is 5.75 Å². The van der Waals surface area contributed by atoms with Crippen LogP contribution in [0.25, 0.3) is 0 Å². The molecular formula is C22H29IN4O2. The van der Waals surface area contributed by atoms with Crippen molar-refractivity contribution in [1.82, 2.24) is 15.5 Å². The Kier molecular flexibility index (Phi) is 9.24. The van der Waals surface area contributed by atoms with Gasteiger partial charge in [0.05, 0.1) is 20.2 Å². The monoisotopic (exact) mass is 508 g/mol. The van der Waals surface area contributed by atoms with E-state index in [9.17, 15) is 4.79 Å². The highest BCUT2D eigenvalue weighted by Crippen LogP contribution is 2.18. The third-order valence-electron chi connectivity index (χ3n) is 4.81. The van der Waals surface area contributed by atoms with Gasteiger partial charge in [-0.3, -0.25) is 4.79 Å². The van der Waals surface area contributed by atoms with Crippen molar-refractivity contribution < 1.29 is 9.53 Å². The second-order valence-electron chi connectivity index (χ2n) is 6.73. The van der Waals surface area contributed by atoms with Crippen LogP contribution in [0.2, 0.25) is 0 Å². The fourth-order valence-corrected chi connectivity index (χ4v) is 3.22. The molecule has 0 fully saturated rings. The van der Waals surface area contributed by atoms with Gasteiger partial charge in [-0.1, -0.05) is 36.4 Å². The van der Waals surface area contributed by atoms with Gasteiger partial charge in [-0.05, 0) is 42.2 Å². The SMILES string of the molecule is CCNC(=NCc1ccc(OC)cc1)NCC(=O)N1CCc2ccccc2C1.I. The molecule has 0 aromatic heterocycles. The van der Waals surface area contributed by atoms with Gasteiger partial charge in [-0.25, -0.2) is 4.99 Å². The number of guanidine groups is 1. The number of benzene rings is 2. The van der Waals surface area contributed by atoms with Crippen LogP contribution in [0.15, 0.2) is 53.5 Å². The first-order valence-corrected chi connectivity index (χ1v) is 9.69. The summed E-state index contributed by atoms with van der Waals surface area (Å²) in [5.41, 5.74) is 3.66. The molecule has 0 saturated heterocycles. The van der Waals surface area contributed by atoms with Crippen molar-refractivity contribution in [3.05, 3.63) is 65.2 Å². The zero-order valence-electron chi connectivity index (χ0n) is 17.0.